The highest BCUT2D eigenvalue weighted by molar-refractivity contribution is 7.99. The van der Waals surface area contributed by atoms with Crippen molar-refractivity contribution in [2.45, 2.75) is 24.2 Å². The Hall–Kier alpha value is -1.34. The highest BCUT2D eigenvalue weighted by Gasteiger charge is 2.27. The Kier molecular flexibility index (Phi) is 3.49. The third-order valence-corrected chi connectivity index (χ3v) is 3.54. The summed E-state index contributed by atoms with van der Waals surface area (Å²) in [6, 6.07) is 1.09. The molecule has 0 amide bonds. The van der Waals surface area contributed by atoms with Gasteiger partial charge in [0.25, 0.3) is 5.56 Å². The monoisotopic (exact) mass is 256 g/mol. The molecule has 0 saturated carbocycles. The van der Waals surface area contributed by atoms with Gasteiger partial charge in [-0.15, -0.1) is 0 Å². The van der Waals surface area contributed by atoms with Crippen LogP contribution in [-0.4, -0.2) is 33.5 Å². The second-order valence-corrected chi connectivity index (χ2v) is 4.72. The fraction of sp³-hybridized carbons (Fsp3) is 0.500. The number of carboxylic acids is 1. The molecule has 2 heterocycles. The lowest BCUT2D eigenvalue weighted by atomic mass is 10.2. The molecule has 0 bridgehead atoms. The molecule has 0 radical (unpaired) electrons. The topological polar surface area (TPSA) is 81.4 Å². The first-order chi connectivity index (χ1) is 8.11. The second-order valence-electron chi connectivity index (χ2n) is 3.73. The zero-order valence-corrected chi connectivity index (χ0v) is 10.1. The number of carboxylic acid groups (broad SMARTS) is 1. The van der Waals surface area contributed by atoms with Gasteiger partial charge < -0.3 is 9.84 Å². The van der Waals surface area contributed by atoms with Gasteiger partial charge in [0.2, 0.25) is 0 Å². The van der Waals surface area contributed by atoms with E-state index in [9.17, 15) is 9.59 Å². The van der Waals surface area contributed by atoms with Crippen LogP contribution in [-0.2, 0) is 16.1 Å². The summed E-state index contributed by atoms with van der Waals surface area (Å²) >= 11 is 1.41. The number of nitrogens with zero attached hydrogens (tertiary/aromatic N) is 2. The van der Waals surface area contributed by atoms with Crippen molar-refractivity contribution in [2.75, 3.05) is 12.9 Å². The van der Waals surface area contributed by atoms with E-state index in [1.54, 1.807) is 0 Å². The molecule has 1 aliphatic heterocycles. The summed E-state index contributed by atoms with van der Waals surface area (Å²) in [6.07, 6.45) is -0.0504. The maximum Gasteiger partial charge on any atom is 0.305 e. The van der Waals surface area contributed by atoms with Gasteiger partial charge in [-0.2, -0.15) is 0 Å². The molecule has 1 unspecified atom stereocenters. The minimum atomic E-state index is -0.906. The van der Waals surface area contributed by atoms with E-state index in [0.717, 1.165) is 0 Å². The first-order valence-corrected chi connectivity index (χ1v) is 6.06. The number of fused-ring (bicyclic) bond motifs is 1. The number of ether oxygens (including phenoxy) is 1. The Balaban J connectivity index is 2.34. The largest absolute Gasteiger partial charge is 0.481 e. The normalized spacial score (nSPS) is 18.1. The molecule has 6 nitrogen and oxygen atoms in total. The van der Waals surface area contributed by atoms with Crippen LogP contribution in [0.4, 0.5) is 0 Å². The summed E-state index contributed by atoms with van der Waals surface area (Å²) in [5.74, 6) is -0.332. The van der Waals surface area contributed by atoms with E-state index in [0.29, 0.717) is 16.6 Å². The summed E-state index contributed by atoms with van der Waals surface area (Å²) in [6.45, 7) is 0.285. The van der Waals surface area contributed by atoms with Gasteiger partial charge in [-0.3, -0.25) is 14.2 Å². The van der Waals surface area contributed by atoms with Crippen LogP contribution in [0.25, 0.3) is 0 Å². The lowest BCUT2D eigenvalue weighted by molar-refractivity contribution is -0.137. The van der Waals surface area contributed by atoms with Crippen molar-refractivity contribution >= 4 is 17.7 Å². The van der Waals surface area contributed by atoms with Crippen molar-refractivity contribution in [3.63, 3.8) is 0 Å². The van der Waals surface area contributed by atoms with E-state index in [1.807, 2.05) is 0 Å². The lowest BCUT2D eigenvalue weighted by Gasteiger charge is -2.10. The van der Waals surface area contributed by atoms with Crippen molar-refractivity contribution < 1.29 is 14.6 Å². The third kappa shape index (κ3) is 2.50. The second kappa shape index (κ2) is 4.89. The van der Waals surface area contributed by atoms with E-state index in [1.165, 1.54) is 29.5 Å². The molecule has 92 valence electrons. The van der Waals surface area contributed by atoms with E-state index >= 15 is 0 Å². The van der Waals surface area contributed by atoms with Crippen molar-refractivity contribution in [3.05, 3.63) is 22.1 Å². The quantitative estimate of drug-likeness (QED) is 0.790. The average molecular weight is 256 g/mol. The van der Waals surface area contributed by atoms with Gasteiger partial charge >= 0.3 is 5.97 Å². The van der Waals surface area contributed by atoms with Crippen LogP contribution in [0.3, 0.4) is 0 Å². The number of thioether (sulfide) groups is 1. The molecule has 0 saturated heterocycles. The molecule has 0 fully saturated rings. The Morgan fingerprint density at radius 1 is 1.76 bits per heavy atom. The molecule has 0 aliphatic carbocycles. The van der Waals surface area contributed by atoms with Crippen LogP contribution in [0.15, 0.2) is 16.0 Å². The van der Waals surface area contributed by atoms with Gasteiger partial charge in [-0.1, -0.05) is 11.8 Å². The Labute approximate surface area is 102 Å². The number of carbonyl (C=O) groups is 1. The summed E-state index contributed by atoms with van der Waals surface area (Å²) in [5.41, 5.74) is 0.366. The van der Waals surface area contributed by atoms with Gasteiger partial charge in [0, 0.05) is 18.9 Å². The minimum absolute atomic E-state index is 0.0504. The number of rotatable bonds is 4. The predicted octanol–water partition coefficient (Wildman–Crippen LogP) is 0.511. The van der Waals surface area contributed by atoms with E-state index in [2.05, 4.69) is 4.98 Å². The third-order valence-electron chi connectivity index (χ3n) is 2.45. The van der Waals surface area contributed by atoms with Gasteiger partial charge in [0.15, 0.2) is 5.16 Å². The lowest BCUT2D eigenvalue weighted by Crippen LogP contribution is -2.26. The van der Waals surface area contributed by atoms with Crippen LogP contribution >= 0.6 is 11.8 Å². The van der Waals surface area contributed by atoms with Crippen LogP contribution in [0.2, 0.25) is 0 Å². The average Bonchev–Trinajstić information content (AvgIpc) is 2.61. The first-order valence-electron chi connectivity index (χ1n) is 5.08. The number of hydrogen-bond donors (Lipinski definition) is 1. The molecule has 1 atom stereocenters. The van der Waals surface area contributed by atoms with E-state index in [4.69, 9.17) is 9.84 Å². The highest BCUT2D eigenvalue weighted by atomic mass is 32.2. The molecular formula is C10H12N2O4S. The van der Waals surface area contributed by atoms with Crippen molar-refractivity contribution in [1.29, 1.82) is 0 Å². The van der Waals surface area contributed by atoms with Gasteiger partial charge in [0.05, 0.1) is 24.8 Å². The van der Waals surface area contributed by atoms with E-state index in [-0.39, 0.29) is 24.6 Å². The van der Waals surface area contributed by atoms with Crippen LogP contribution < -0.4 is 5.56 Å². The van der Waals surface area contributed by atoms with Crippen molar-refractivity contribution in [3.8, 4) is 0 Å². The molecule has 2 rings (SSSR count). The summed E-state index contributed by atoms with van der Waals surface area (Å²) < 4.78 is 6.38. The van der Waals surface area contributed by atoms with Crippen molar-refractivity contribution in [2.24, 2.45) is 0 Å². The number of aliphatic carboxylic acids is 1. The standard InChI is InChI=1S/C10H12N2O4S/c1-16-4-6-2-8(13)12-7(3-9(14)15)5-17-10(12)11-6/h2,7H,3-5H2,1H3,(H,14,15). The van der Waals surface area contributed by atoms with Gasteiger partial charge in [0.1, 0.15) is 0 Å². The minimum Gasteiger partial charge on any atom is -0.481 e. The maximum atomic E-state index is 11.9. The fourth-order valence-corrected chi connectivity index (χ4v) is 2.94. The Morgan fingerprint density at radius 3 is 3.18 bits per heavy atom. The molecule has 1 N–H and O–H groups in total. The molecule has 1 aliphatic rings. The smallest absolute Gasteiger partial charge is 0.305 e. The maximum absolute atomic E-state index is 11.9. The highest BCUT2D eigenvalue weighted by Crippen LogP contribution is 2.31. The molecule has 1 aromatic heterocycles. The molecule has 0 spiro atoms. The SMILES string of the molecule is COCc1cc(=O)n2c(n1)SCC2CC(=O)O. The molecule has 1 aromatic rings. The fourth-order valence-electron chi connectivity index (χ4n) is 1.77. The van der Waals surface area contributed by atoms with Crippen molar-refractivity contribution in [1.82, 2.24) is 9.55 Å². The number of methoxy groups -OCH3 is 1. The summed E-state index contributed by atoms with van der Waals surface area (Å²) in [5, 5.41) is 9.34. The summed E-state index contributed by atoms with van der Waals surface area (Å²) in [4.78, 5) is 26.8. The van der Waals surface area contributed by atoms with Crippen LogP contribution in [0, 0.1) is 0 Å². The molecule has 7 heteroatoms. The van der Waals surface area contributed by atoms with Crippen LogP contribution in [0.1, 0.15) is 18.2 Å². The first kappa shape index (κ1) is 12.1. The predicted molar refractivity (Wildman–Crippen MR) is 61.2 cm³/mol. The van der Waals surface area contributed by atoms with Gasteiger partial charge in [-0.05, 0) is 0 Å². The zero-order valence-electron chi connectivity index (χ0n) is 9.25. The number of hydrogen-bond acceptors (Lipinski definition) is 5. The molecular weight excluding hydrogens is 244 g/mol. The number of aromatic nitrogens is 2. The summed E-state index contributed by atoms with van der Waals surface area (Å²) in [7, 11) is 1.53. The van der Waals surface area contributed by atoms with Crippen LogP contribution in [0.5, 0.6) is 0 Å². The Morgan fingerprint density at radius 2 is 2.53 bits per heavy atom. The Bertz CT molecular complexity index is 500. The van der Waals surface area contributed by atoms with Gasteiger partial charge in [-0.25, -0.2) is 4.98 Å². The van der Waals surface area contributed by atoms with E-state index < -0.39 is 5.97 Å². The molecule has 0 aromatic carbocycles. The zero-order chi connectivity index (χ0) is 12.4. The molecule has 17 heavy (non-hydrogen) atoms.